The molecule has 5 nitrogen and oxygen atoms in total. The van der Waals surface area contributed by atoms with Crippen molar-refractivity contribution >= 4 is 0 Å². The number of nitrogens with one attached hydrogen (secondary N) is 1. The predicted octanol–water partition coefficient (Wildman–Crippen LogP) is 3.06. The average Bonchev–Trinajstić information content (AvgIpc) is 2.62. The van der Waals surface area contributed by atoms with Gasteiger partial charge in [-0.25, -0.2) is 4.39 Å². The molecule has 2 aromatic rings. The zero-order valence-corrected chi connectivity index (χ0v) is 14.7. The third-order valence-electron chi connectivity index (χ3n) is 3.74. The van der Waals surface area contributed by atoms with Crippen molar-refractivity contribution in [2.45, 2.75) is 19.6 Å². The van der Waals surface area contributed by atoms with Crippen LogP contribution in [0.4, 0.5) is 4.39 Å². The van der Waals surface area contributed by atoms with Crippen LogP contribution in [0.25, 0.3) is 0 Å². The first-order valence-electron chi connectivity index (χ1n) is 8.11. The number of methoxy groups -OCH3 is 2. The van der Waals surface area contributed by atoms with Gasteiger partial charge in [0.1, 0.15) is 5.82 Å². The van der Waals surface area contributed by atoms with Crippen molar-refractivity contribution in [3.63, 3.8) is 0 Å². The maximum absolute atomic E-state index is 13.7. The first-order valence-corrected chi connectivity index (χ1v) is 8.11. The first kappa shape index (κ1) is 19.0. The lowest BCUT2D eigenvalue weighted by Crippen LogP contribution is -2.21. The summed E-state index contributed by atoms with van der Waals surface area (Å²) in [6.07, 6.45) is -0.923. The van der Waals surface area contributed by atoms with Crippen LogP contribution in [0.2, 0.25) is 0 Å². The third kappa shape index (κ3) is 4.84. The summed E-state index contributed by atoms with van der Waals surface area (Å²) in [4.78, 5) is 0. The Bertz CT molecular complexity index is 668. The van der Waals surface area contributed by atoms with Gasteiger partial charge in [0.15, 0.2) is 11.5 Å². The molecule has 0 aliphatic heterocycles. The van der Waals surface area contributed by atoms with Crippen molar-refractivity contribution in [1.82, 2.24) is 5.32 Å². The van der Waals surface area contributed by atoms with Crippen molar-refractivity contribution < 1.29 is 23.7 Å². The Labute approximate surface area is 147 Å². The van der Waals surface area contributed by atoms with Gasteiger partial charge in [-0.1, -0.05) is 18.2 Å². The van der Waals surface area contributed by atoms with Crippen molar-refractivity contribution in [3.8, 4) is 17.2 Å². The van der Waals surface area contributed by atoms with Crippen LogP contribution in [0.1, 0.15) is 24.2 Å². The van der Waals surface area contributed by atoms with Gasteiger partial charge in [0, 0.05) is 18.7 Å². The van der Waals surface area contributed by atoms with Crippen molar-refractivity contribution in [3.05, 3.63) is 53.3 Å². The molecule has 1 atom stereocenters. The van der Waals surface area contributed by atoms with E-state index in [0.717, 1.165) is 5.56 Å². The van der Waals surface area contributed by atoms with Gasteiger partial charge < -0.3 is 24.6 Å². The first-order chi connectivity index (χ1) is 12.1. The fourth-order valence-corrected chi connectivity index (χ4v) is 2.53. The molecule has 2 rings (SSSR count). The van der Waals surface area contributed by atoms with E-state index in [2.05, 4.69) is 5.32 Å². The lowest BCUT2D eigenvalue weighted by Gasteiger charge is -2.16. The molecule has 0 heterocycles. The van der Waals surface area contributed by atoms with Crippen molar-refractivity contribution in [1.29, 1.82) is 0 Å². The highest BCUT2D eigenvalue weighted by atomic mass is 19.1. The highest BCUT2D eigenvalue weighted by Crippen LogP contribution is 2.38. The summed E-state index contributed by atoms with van der Waals surface area (Å²) < 4.78 is 30.0. The van der Waals surface area contributed by atoms with Crippen LogP contribution in [0.5, 0.6) is 17.2 Å². The fourth-order valence-electron chi connectivity index (χ4n) is 2.53. The lowest BCUT2D eigenvalue weighted by atomic mass is 10.1. The van der Waals surface area contributed by atoms with Gasteiger partial charge in [-0.2, -0.15) is 0 Å². The summed E-state index contributed by atoms with van der Waals surface area (Å²) in [7, 11) is 3.13. The normalized spacial score (nSPS) is 11.9. The van der Waals surface area contributed by atoms with Crippen LogP contribution in [-0.2, 0) is 6.54 Å². The summed E-state index contributed by atoms with van der Waals surface area (Å²) in [6.45, 7) is 3.07. The number of aliphatic hydroxyl groups excluding tert-OH is 1. The maximum Gasteiger partial charge on any atom is 0.203 e. The van der Waals surface area contributed by atoms with E-state index in [0.29, 0.717) is 30.4 Å². The monoisotopic (exact) mass is 349 g/mol. The van der Waals surface area contributed by atoms with E-state index >= 15 is 0 Å². The molecule has 0 aliphatic rings. The summed E-state index contributed by atoms with van der Waals surface area (Å²) in [6, 6.07) is 9.89. The minimum Gasteiger partial charge on any atom is -0.493 e. The molecular weight excluding hydrogens is 325 g/mol. The van der Waals surface area contributed by atoms with Crippen LogP contribution in [0.15, 0.2) is 36.4 Å². The summed E-state index contributed by atoms with van der Waals surface area (Å²) in [5.41, 5.74) is 1.18. The van der Waals surface area contributed by atoms with E-state index in [1.807, 2.05) is 19.1 Å². The molecular formula is C19H24FNO4. The van der Waals surface area contributed by atoms with Gasteiger partial charge in [0.05, 0.1) is 26.9 Å². The van der Waals surface area contributed by atoms with E-state index in [1.54, 1.807) is 32.4 Å². The SMILES string of the molecule is CCOc1c(OC)cc(CNC[C@H](O)c2ccccc2F)cc1OC. The van der Waals surface area contributed by atoms with Gasteiger partial charge in [-0.3, -0.25) is 0 Å². The second kappa shape index (κ2) is 9.25. The molecule has 0 bridgehead atoms. The summed E-state index contributed by atoms with van der Waals surface area (Å²) in [5.74, 6) is 1.30. The minimum absolute atomic E-state index is 0.221. The molecule has 6 heteroatoms. The Hall–Kier alpha value is -2.31. The summed E-state index contributed by atoms with van der Waals surface area (Å²) >= 11 is 0. The molecule has 0 amide bonds. The molecule has 0 saturated heterocycles. The number of ether oxygens (including phenoxy) is 3. The second-order valence-corrected chi connectivity index (χ2v) is 5.43. The molecule has 0 saturated carbocycles. The highest BCUT2D eigenvalue weighted by molar-refractivity contribution is 5.53. The van der Waals surface area contributed by atoms with Gasteiger partial charge in [-0.05, 0) is 30.7 Å². The molecule has 0 radical (unpaired) electrons. The number of hydrogen-bond donors (Lipinski definition) is 2. The Balaban J connectivity index is 2.04. The van der Waals surface area contributed by atoms with Crippen molar-refractivity contribution in [2.24, 2.45) is 0 Å². The molecule has 0 spiro atoms. The average molecular weight is 349 g/mol. The molecule has 136 valence electrons. The number of benzene rings is 2. The summed E-state index contributed by atoms with van der Waals surface area (Å²) in [5, 5.41) is 13.2. The van der Waals surface area contributed by atoms with Crippen LogP contribution < -0.4 is 19.5 Å². The standard InChI is InChI=1S/C19H24FNO4/c1-4-25-19-17(23-2)9-13(10-18(19)24-3)11-21-12-16(22)14-7-5-6-8-15(14)20/h5-10,16,21-22H,4,11-12H2,1-3H3/t16-/m0/s1. The zero-order valence-electron chi connectivity index (χ0n) is 14.7. The van der Waals surface area contributed by atoms with Gasteiger partial charge in [-0.15, -0.1) is 0 Å². The van der Waals surface area contributed by atoms with E-state index in [4.69, 9.17) is 14.2 Å². The second-order valence-electron chi connectivity index (χ2n) is 5.43. The van der Waals surface area contributed by atoms with E-state index in [-0.39, 0.29) is 12.1 Å². The zero-order chi connectivity index (χ0) is 18.2. The largest absolute Gasteiger partial charge is 0.493 e. The Morgan fingerprint density at radius 1 is 1.12 bits per heavy atom. The lowest BCUT2D eigenvalue weighted by molar-refractivity contribution is 0.169. The van der Waals surface area contributed by atoms with Crippen LogP contribution >= 0.6 is 0 Å². The number of aliphatic hydroxyl groups is 1. The number of rotatable bonds is 9. The van der Waals surface area contributed by atoms with E-state index in [1.165, 1.54) is 6.07 Å². The number of halogens is 1. The Morgan fingerprint density at radius 2 is 1.76 bits per heavy atom. The molecule has 0 fully saturated rings. The van der Waals surface area contributed by atoms with Gasteiger partial charge in [0.25, 0.3) is 0 Å². The molecule has 0 aliphatic carbocycles. The number of hydrogen-bond acceptors (Lipinski definition) is 5. The fraction of sp³-hybridized carbons (Fsp3) is 0.368. The molecule has 2 N–H and O–H groups in total. The highest BCUT2D eigenvalue weighted by Gasteiger charge is 2.15. The topological polar surface area (TPSA) is 60.0 Å². The van der Waals surface area contributed by atoms with Crippen molar-refractivity contribution in [2.75, 3.05) is 27.4 Å². The third-order valence-corrected chi connectivity index (χ3v) is 3.74. The van der Waals surface area contributed by atoms with Crippen LogP contribution in [-0.4, -0.2) is 32.5 Å². The van der Waals surface area contributed by atoms with E-state index < -0.39 is 11.9 Å². The Morgan fingerprint density at radius 3 is 2.32 bits per heavy atom. The maximum atomic E-state index is 13.7. The quantitative estimate of drug-likeness (QED) is 0.729. The molecule has 25 heavy (non-hydrogen) atoms. The van der Waals surface area contributed by atoms with Crippen LogP contribution in [0.3, 0.4) is 0 Å². The molecule has 2 aromatic carbocycles. The molecule has 0 unspecified atom stereocenters. The molecule has 0 aromatic heterocycles. The van der Waals surface area contributed by atoms with Gasteiger partial charge >= 0.3 is 0 Å². The van der Waals surface area contributed by atoms with E-state index in [9.17, 15) is 9.50 Å². The smallest absolute Gasteiger partial charge is 0.203 e. The Kier molecular flexibility index (Phi) is 7.03. The minimum atomic E-state index is -0.923. The van der Waals surface area contributed by atoms with Gasteiger partial charge in [0.2, 0.25) is 5.75 Å². The predicted molar refractivity (Wildman–Crippen MR) is 93.8 cm³/mol. The van der Waals surface area contributed by atoms with Crippen LogP contribution in [0, 0.1) is 5.82 Å².